The highest BCUT2D eigenvalue weighted by Crippen LogP contribution is 1.96. The van der Waals surface area contributed by atoms with Crippen LogP contribution in [0.15, 0.2) is 30.3 Å². The highest BCUT2D eigenvalue weighted by molar-refractivity contribution is 14.0. The lowest BCUT2D eigenvalue weighted by atomic mass is 10.5. The van der Waals surface area contributed by atoms with E-state index in [2.05, 4.69) is 28.8 Å². The molecule has 5 nitrogen and oxygen atoms in total. The molecule has 0 aliphatic rings. The molecule has 0 bridgehead atoms. The molecule has 1 amide bonds. The molecular formula is C13H25IN4OS. The minimum atomic E-state index is -0.0271. The molecule has 0 aliphatic carbocycles. The summed E-state index contributed by atoms with van der Waals surface area (Å²) in [7, 11) is 3.43. The van der Waals surface area contributed by atoms with Crippen molar-refractivity contribution in [2.24, 2.45) is 4.99 Å². The van der Waals surface area contributed by atoms with E-state index in [1.54, 1.807) is 31.9 Å². The average molecular weight is 412 g/mol. The number of nitrogens with one attached hydrogen (secondary N) is 2. The summed E-state index contributed by atoms with van der Waals surface area (Å²) in [5, 5.41) is 6.25. The fraction of sp³-hybridized carbons (Fsp3) is 0.538. The van der Waals surface area contributed by atoms with E-state index in [-0.39, 0.29) is 36.4 Å². The van der Waals surface area contributed by atoms with Crippen molar-refractivity contribution < 1.29 is 4.79 Å². The smallest absolute Gasteiger partial charge is 0.243 e. The Morgan fingerprint density at radius 3 is 2.55 bits per heavy atom. The van der Waals surface area contributed by atoms with E-state index in [0.29, 0.717) is 12.5 Å². The lowest BCUT2D eigenvalue weighted by Crippen LogP contribution is -2.39. The first-order chi connectivity index (χ1) is 9.11. The van der Waals surface area contributed by atoms with Gasteiger partial charge in [0.2, 0.25) is 5.91 Å². The number of rotatable bonds is 9. The molecule has 20 heavy (non-hydrogen) atoms. The van der Waals surface area contributed by atoms with Crippen molar-refractivity contribution in [3.05, 3.63) is 25.3 Å². The summed E-state index contributed by atoms with van der Waals surface area (Å²) in [6.45, 7) is 8.85. The second-order valence-electron chi connectivity index (χ2n) is 3.91. The van der Waals surface area contributed by atoms with Crippen molar-refractivity contribution in [1.82, 2.24) is 15.5 Å². The molecule has 0 aromatic heterocycles. The molecular weight excluding hydrogens is 387 g/mol. The molecule has 0 aromatic carbocycles. The van der Waals surface area contributed by atoms with Crippen LogP contribution in [0.4, 0.5) is 0 Å². The third-order valence-electron chi connectivity index (χ3n) is 2.06. The standard InChI is InChI=1S/C13H24N4OS.HI/c1-5-7-14-13(15-8-10-19-9-6-2)16-11-12(18)17(3)4;/h5-6H,1-2,7-11H2,3-4H3,(H2,14,15,16);1H. The van der Waals surface area contributed by atoms with Crippen LogP contribution in [-0.4, -0.2) is 62.0 Å². The van der Waals surface area contributed by atoms with Crippen LogP contribution in [0.5, 0.6) is 0 Å². The zero-order valence-electron chi connectivity index (χ0n) is 12.2. The van der Waals surface area contributed by atoms with E-state index in [0.717, 1.165) is 18.1 Å². The Balaban J connectivity index is 0. The number of thioether (sulfide) groups is 1. The lowest BCUT2D eigenvalue weighted by Gasteiger charge is -2.12. The molecule has 0 saturated heterocycles. The number of aliphatic imine (C=N–C) groups is 1. The Hall–Kier alpha value is -0.700. The normalized spacial score (nSPS) is 10.2. The highest BCUT2D eigenvalue weighted by atomic mass is 127. The second-order valence-corrected chi connectivity index (χ2v) is 5.06. The van der Waals surface area contributed by atoms with E-state index in [9.17, 15) is 4.79 Å². The summed E-state index contributed by atoms with van der Waals surface area (Å²) in [6, 6.07) is 0. The van der Waals surface area contributed by atoms with Gasteiger partial charge in [-0.1, -0.05) is 12.2 Å². The molecule has 0 radical (unpaired) electrons. The van der Waals surface area contributed by atoms with Crippen LogP contribution in [0, 0.1) is 0 Å². The highest BCUT2D eigenvalue weighted by Gasteiger charge is 2.03. The predicted molar refractivity (Wildman–Crippen MR) is 100 cm³/mol. The van der Waals surface area contributed by atoms with E-state index in [1.165, 1.54) is 4.90 Å². The number of guanidine groups is 1. The molecule has 0 heterocycles. The SMILES string of the molecule is C=CCNC(=NCC(=O)N(C)C)NCCSCC=C.I. The fourth-order valence-electron chi connectivity index (χ4n) is 1.04. The monoisotopic (exact) mass is 412 g/mol. The molecule has 116 valence electrons. The lowest BCUT2D eigenvalue weighted by molar-refractivity contribution is -0.127. The summed E-state index contributed by atoms with van der Waals surface area (Å²) >= 11 is 1.79. The third-order valence-corrected chi connectivity index (χ3v) is 3.02. The van der Waals surface area contributed by atoms with Crippen molar-refractivity contribution in [2.45, 2.75) is 0 Å². The van der Waals surface area contributed by atoms with Crippen LogP contribution in [0.25, 0.3) is 0 Å². The minimum Gasteiger partial charge on any atom is -0.356 e. The zero-order valence-corrected chi connectivity index (χ0v) is 15.4. The van der Waals surface area contributed by atoms with Gasteiger partial charge in [-0.05, 0) is 0 Å². The van der Waals surface area contributed by atoms with E-state index in [1.807, 2.05) is 6.08 Å². The van der Waals surface area contributed by atoms with Crippen LogP contribution < -0.4 is 10.6 Å². The summed E-state index contributed by atoms with van der Waals surface area (Å²) in [4.78, 5) is 17.2. The maximum Gasteiger partial charge on any atom is 0.243 e. The van der Waals surface area contributed by atoms with Gasteiger partial charge in [0.05, 0.1) is 0 Å². The van der Waals surface area contributed by atoms with Gasteiger partial charge in [0.25, 0.3) is 0 Å². The molecule has 0 saturated carbocycles. The van der Waals surface area contributed by atoms with E-state index >= 15 is 0 Å². The van der Waals surface area contributed by atoms with Crippen molar-refractivity contribution in [1.29, 1.82) is 0 Å². The molecule has 0 aliphatic heterocycles. The van der Waals surface area contributed by atoms with Gasteiger partial charge in [-0.25, -0.2) is 4.99 Å². The number of carbonyl (C=O) groups is 1. The number of carbonyl (C=O) groups excluding carboxylic acids is 1. The number of nitrogens with zero attached hydrogens (tertiary/aromatic N) is 2. The molecule has 0 fully saturated rings. The topological polar surface area (TPSA) is 56.7 Å². The molecule has 7 heteroatoms. The largest absolute Gasteiger partial charge is 0.356 e. The van der Waals surface area contributed by atoms with Crippen molar-refractivity contribution in [3.8, 4) is 0 Å². The first kappa shape index (κ1) is 21.6. The maximum atomic E-state index is 11.5. The number of likely N-dealkylation sites (N-methyl/N-ethyl adjacent to an activating group) is 1. The molecule has 0 unspecified atom stereocenters. The number of hydrogen-bond acceptors (Lipinski definition) is 3. The van der Waals surface area contributed by atoms with Gasteiger partial charge in [0.1, 0.15) is 6.54 Å². The summed E-state index contributed by atoms with van der Waals surface area (Å²) < 4.78 is 0. The van der Waals surface area contributed by atoms with Crippen molar-refractivity contribution in [3.63, 3.8) is 0 Å². The maximum absolute atomic E-state index is 11.5. The summed E-state index contributed by atoms with van der Waals surface area (Å²) in [6.07, 6.45) is 3.63. The zero-order chi connectivity index (χ0) is 14.5. The van der Waals surface area contributed by atoms with Crippen LogP contribution in [0.1, 0.15) is 0 Å². The van der Waals surface area contributed by atoms with Gasteiger partial charge in [0, 0.05) is 38.7 Å². The van der Waals surface area contributed by atoms with Crippen LogP contribution in [0.3, 0.4) is 0 Å². The van der Waals surface area contributed by atoms with E-state index in [4.69, 9.17) is 0 Å². The molecule has 0 aromatic rings. The van der Waals surface area contributed by atoms with Crippen LogP contribution in [0.2, 0.25) is 0 Å². The predicted octanol–water partition coefficient (Wildman–Crippen LogP) is 1.33. The average Bonchev–Trinajstić information content (AvgIpc) is 2.40. The Labute approximate surface area is 143 Å². The summed E-state index contributed by atoms with van der Waals surface area (Å²) in [5.41, 5.74) is 0. The van der Waals surface area contributed by atoms with Gasteiger partial charge in [-0.15, -0.1) is 37.1 Å². The molecule has 0 spiro atoms. The van der Waals surface area contributed by atoms with Crippen LogP contribution in [-0.2, 0) is 4.79 Å². The number of halogens is 1. The van der Waals surface area contributed by atoms with Gasteiger partial charge in [-0.3, -0.25) is 4.79 Å². The molecule has 0 rings (SSSR count). The Bertz CT molecular complexity index is 321. The first-order valence-electron chi connectivity index (χ1n) is 6.13. The molecule has 2 N–H and O–H groups in total. The summed E-state index contributed by atoms with van der Waals surface area (Å²) in [5.74, 6) is 2.51. The van der Waals surface area contributed by atoms with Gasteiger partial charge < -0.3 is 15.5 Å². The Morgan fingerprint density at radius 1 is 1.30 bits per heavy atom. The second kappa shape index (κ2) is 14.7. The quantitative estimate of drug-likeness (QED) is 0.197. The van der Waals surface area contributed by atoms with E-state index < -0.39 is 0 Å². The van der Waals surface area contributed by atoms with Crippen LogP contribution >= 0.6 is 35.7 Å². The Kier molecular flexibility index (Phi) is 15.9. The first-order valence-corrected chi connectivity index (χ1v) is 7.29. The Morgan fingerprint density at radius 2 is 2.00 bits per heavy atom. The minimum absolute atomic E-state index is 0. The van der Waals surface area contributed by atoms with Crippen molar-refractivity contribution >= 4 is 47.6 Å². The van der Waals surface area contributed by atoms with Crippen molar-refractivity contribution in [2.75, 3.05) is 45.2 Å². The number of amides is 1. The third kappa shape index (κ3) is 12.3. The number of hydrogen-bond donors (Lipinski definition) is 2. The van der Waals surface area contributed by atoms with Gasteiger partial charge in [-0.2, -0.15) is 11.8 Å². The fourth-order valence-corrected chi connectivity index (χ4v) is 1.62. The van der Waals surface area contributed by atoms with Gasteiger partial charge >= 0.3 is 0 Å². The molecule has 0 atom stereocenters. The van der Waals surface area contributed by atoms with Gasteiger partial charge in [0.15, 0.2) is 5.96 Å².